The molecule has 0 aliphatic heterocycles. The Morgan fingerprint density at radius 1 is 1.33 bits per heavy atom. The number of hydrogen-bond donors (Lipinski definition) is 2. The van der Waals surface area contributed by atoms with Gasteiger partial charge in [0.05, 0.1) is 6.61 Å². The number of aromatic nitrogens is 2. The van der Waals surface area contributed by atoms with Crippen molar-refractivity contribution in [3.63, 3.8) is 0 Å². The monoisotopic (exact) mass is 250 g/mol. The van der Waals surface area contributed by atoms with Gasteiger partial charge in [-0.3, -0.25) is 0 Å². The maximum absolute atomic E-state index is 9.02. The van der Waals surface area contributed by atoms with Gasteiger partial charge in [-0.1, -0.05) is 6.92 Å². The van der Waals surface area contributed by atoms with Gasteiger partial charge in [0, 0.05) is 43.6 Å². The zero-order valence-corrected chi connectivity index (χ0v) is 11.0. The zero-order valence-electron chi connectivity index (χ0n) is 11.0. The molecule has 2 N–H and O–H groups in total. The van der Waals surface area contributed by atoms with Crippen molar-refractivity contribution < 1.29 is 5.11 Å². The Hall–Kier alpha value is -1.20. The predicted octanol–water partition coefficient (Wildman–Crippen LogP) is 0.937. The van der Waals surface area contributed by atoms with Crippen molar-refractivity contribution in [3.8, 4) is 0 Å². The molecule has 2 rings (SSSR count). The lowest BCUT2D eigenvalue weighted by Gasteiger charge is -2.20. The molecular formula is C13H22N4O. The quantitative estimate of drug-likeness (QED) is 0.719. The summed E-state index contributed by atoms with van der Waals surface area (Å²) < 4.78 is 0. The average Bonchev–Trinajstić information content (AvgIpc) is 3.21. The Kier molecular flexibility index (Phi) is 4.90. The average molecular weight is 250 g/mol. The molecule has 1 fully saturated rings. The van der Waals surface area contributed by atoms with Crippen LogP contribution in [0, 0.1) is 0 Å². The van der Waals surface area contributed by atoms with E-state index in [0.717, 1.165) is 25.1 Å². The second-order valence-corrected chi connectivity index (χ2v) is 4.76. The molecule has 0 amide bonds. The van der Waals surface area contributed by atoms with Crippen LogP contribution in [0.5, 0.6) is 0 Å². The minimum atomic E-state index is 0.133. The molecule has 0 atom stereocenters. The van der Waals surface area contributed by atoms with E-state index >= 15 is 0 Å². The summed E-state index contributed by atoms with van der Waals surface area (Å²) in [5.74, 6) is 0.709. The van der Waals surface area contributed by atoms with Crippen molar-refractivity contribution in [2.24, 2.45) is 0 Å². The highest BCUT2D eigenvalue weighted by atomic mass is 16.3. The molecule has 0 unspecified atom stereocenters. The number of aliphatic hydroxyl groups is 1. The van der Waals surface area contributed by atoms with E-state index in [4.69, 9.17) is 5.11 Å². The number of nitrogens with one attached hydrogen (secondary N) is 1. The third-order valence-corrected chi connectivity index (χ3v) is 3.01. The number of aliphatic hydroxyl groups excluding tert-OH is 1. The molecule has 0 spiro atoms. The standard InChI is InChI=1S/C13H22N4O/c1-2-5-17(6-7-18)13-15-9-11(10-16-13)8-14-12-3-4-12/h9-10,12,14,18H,2-8H2,1H3. The summed E-state index contributed by atoms with van der Waals surface area (Å²) in [4.78, 5) is 10.8. The molecule has 1 aromatic heterocycles. The van der Waals surface area contributed by atoms with Crippen molar-refractivity contribution in [3.05, 3.63) is 18.0 Å². The van der Waals surface area contributed by atoms with E-state index in [2.05, 4.69) is 22.2 Å². The van der Waals surface area contributed by atoms with Crippen molar-refractivity contribution in [1.82, 2.24) is 15.3 Å². The van der Waals surface area contributed by atoms with Gasteiger partial charge in [-0.2, -0.15) is 0 Å². The molecule has 0 radical (unpaired) electrons. The second kappa shape index (κ2) is 6.66. The largest absolute Gasteiger partial charge is 0.395 e. The van der Waals surface area contributed by atoms with E-state index in [9.17, 15) is 0 Å². The Labute approximate surface area is 108 Å². The maximum Gasteiger partial charge on any atom is 0.225 e. The first-order valence-corrected chi connectivity index (χ1v) is 6.73. The molecule has 0 bridgehead atoms. The van der Waals surface area contributed by atoms with Crippen LogP contribution >= 0.6 is 0 Å². The Morgan fingerprint density at radius 3 is 2.61 bits per heavy atom. The first-order chi connectivity index (χ1) is 8.83. The third-order valence-electron chi connectivity index (χ3n) is 3.01. The number of rotatable bonds is 8. The van der Waals surface area contributed by atoms with Crippen molar-refractivity contribution in [1.29, 1.82) is 0 Å². The van der Waals surface area contributed by atoms with Gasteiger partial charge in [-0.05, 0) is 19.3 Å². The van der Waals surface area contributed by atoms with Crippen LogP contribution in [-0.4, -0.2) is 40.8 Å². The zero-order chi connectivity index (χ0) is 12.8. The van der Waals surface area contributed by atoms with Gasteiger partial charge >= 0.3 is 0 Å². The van der Waals surface area contributed by atoms with Crippen molar-refractivity contribution in [2.75, 3.05) is 24.6 Å². The molecule has 5 nitrogen and oxygen atoms in total. The SMILES string of the molecule is CCCN(CCO)c1ncc(CNC2CC2)cn1. The number of hydrogen-bond acceptors (Lipinski definition) is 5. The van der Waals surface area contributed by atoms with Gasteiger partial charge in [0.25, 0.3) is 0 Å². The van der Waals surface area contributed by atoms with Gasteiger partial charge in [-0.15, -0.1) is 0 Å². The van der Waals surface area contributed by atoms with Gasteiger partial charge in [0.2, 0.25) is 5.95 Å². The molecule has 5 heteroatoms. The van der Waals surface area contributed by atoms with Crippen LogP contribution in [0.25, 0.3) is 0 Å². The molecule has 1 aliphatic rings. The van der Waals surface area contributed by atoms with Gasteiger partial charge in [0.15, 0.2) is 0 Å². The highest BCUT2D eigenvalue weighted by molar-refractivity contribution is 5.29. The van der Waals surface area contributed by atoms with Gasteiger partial charge in [-0.25, -0.2) is 9.97 Å². The van der Waals surface area contributed by atoms with E-state index in [0.29, 0.717) is 18.5 Å². The molecule has 1 saturated carbocycles. The van der Waals surface area contributed by atoms with E-state index in [1.165, 1.54) is 12.8 Å². The lowest BCUT2D eigenvalue weighted by atomic mass is 10.3. The fourth-order valence-electron chi connectivity index (χ4n) is 1.85. The van der Waals surface area contributed by atoms with Crippen LogP contribution in [-0.2, 0) is 6.54 Å². The minimum absolute atomic E-state index is 0.133. The normalized spacial score (nSPS) is 14.8. The summed E-state index contributed by atoms with van der Waals surface area (Å²) in [5, 5.41) is 12.5. The van der Waals surface area contributed by atoms with Gasteiger partial charge < -0.3 is 15.3 Å². The second-order valence-electron chi connectivity index (χ2n) is 4.76. The van der Waals surface area contributed by atoms with E-state index in [1.54, 1.807) is 0 Å². The van der Waals surface area contributed by atoms with Crippen LogP contribution in [0.3, 0.4) is 0 Å². The first kappa shape index (κ1) is 13.2. The van der Waals surface area contributed by atoms with Gasteiger partial charge in [0.1, 0.15) is 0 Å². The van der Waals surface area contributed by atoms with E-state index in [-0.39, 0.29) is 6.61 Å². The minimum Gasteiger partial charge on any atom is -0.395 e. The Balaban J connectivity index is 1.90. The van der Waals surface area contributed by atoms with Crippen LogP contribution in [0.1, 0.15) is 31.7 Å². The third kappa shape index (κ3) is 3.92. The summed E-state index contributed by atoms with van der Waals surface area (Å²) in [6.07, 6.45) is 7.35. The number of anilines is 1. The predicted molar refractivity (Wildman–Crippen MR) is 71.5 cm³/mol. The summed E-state index contributed by atoms with van der Waals surface area (Å²) in [7, 11) is 0. The molecule has 100 valence electrons. The van der Waals surface area contributed by atoms with E-state index in [1.807, 2.05) is 17.3 Å². The molecule has 1 aliphatic carbocycles. The first-order valence-electron chi connectivity index (χ1n) is 6.73. The molecule has 1 aromatic rings. The molecular weight excluding hydrogens is 228 g/mol. The highest BCUT2D eigenvalue weighted by Gasteiger charge is 2.20. The summed E-state index contributed by atoms with van der Waals surface area (Å²) in [5.41, 5.74) is 1.12. The van der Waals surface area contributed by atoms with E-state index < -0.39 is 0 Å². The maximum atomic E-state index is 9.02. The number of nitrogens with zero attached hydrogens (tertiary/aromatic N) is 3. The van der Waals surface area contributed by atoms with Crippen molar-refractivity contribution >= 4 is 5.95 Å². The molecule has 1 heterocycles. The van der Waals surface area contributed by atoms with Crippen LogP contribution in [0.4, 0.5) is 5.95 Å². The van der Waals surface area contributed by atoms with Crippen LogP contribution in [0.2, 0.25) is 0 Å². The van der Waals surface area contributed by atoms with Crippen molar-refractivity contribution in [2.45, 2.75) is 38.8 Å². The Bertz CT molecular complexity index is 345. The summed E-state index contributed by atoms with van der Waals surface area (Å²) >= 11 is 0. The molecule has 0 aromatic carbocycles. The fourth-order valence-corrected chi connectivity index (χ4v) is 1.85. The molecule has 0 saturated heterocycles. The highest BCUT2D eigenvalue weighted by Crippen LogP contribution is 2.19. The molecule has 18 heavy (non-hydrogen) atoms. The lowest BCUT2D eigenvalue weighted by Crippen LogP contribution is -2.29. The van der Waals surface area contributed by atoms with Crippen LogP contribution in [0.15, 0.2) is 12.4 Å². The summed E-state index contributed by atoms with van der Waals surface area (Å²) in [6.45, 7) is 4.55. The summed E-state index contributed by atoms with van der Waals surface area (Å²) in [6, 6.07) is 0.704. The van der Waals surface area contributed by atoms with Crippen LogP contribution < -0.4 is 10.2 Å². The lowest BCUT2D eigenvalue weighted by molar-refractivity contribution is 0.301. The topological polar surface area (TPSA) is 61.3 Å². The Morgan fingerprint density at radius 2 is 2.06 bits per heavy atom. The smallest absolute Gasteiger partial charge is 0.225 e. The fraction of sp³-hybridized carbons (Fsp3) is 0.692.